The first kappa shape index (κ1) is 24.2. The van der Waals surface area contributed by atoms with Crippen molar-refractivity contribution in [2.24, 2.45) is 0 Å². The highest BCUT2D eigenvalue weighted by atomic mass is 16.5. The third kappa shape index (κ3) is 23.0. The molecule has 0 fully saturated rings. The lowest BCUT2D eigenvalue weighted by molar-refractivity contribution is -0.152. The number of hydrogen-bond donors (Lipinski definition) is 0. The number of methoxy groups -OCH3 is 1. The summed E-state index contributed by atoms with van der Waals surface area (Å²) in [6, 6.07) is 0. The summed E-state index contributed by atoms with van der Waals surface area (Å²) in [5.74, 6) is -2.10. The van der Waals surface area contributed by atoms with E-state index in [-0.39, 0.29) is 12.2 Å². The lowest BCUT2D eigenvalue weighted by atomic mass is 10.2. The molecule has 0 saturated carbocycles. The third-order valence-corrected chi connectivity index (χ3v) is 0.823. The second kappa shape index (κ2) is 23.5. The molecule has 0 saturated heterocycles. The number of ether oxygens (including phenoxy) is 1. The fourth-order valence-corrected chi connectivity index (χ4v) is 0.412. The fourth-order valence-electron chi connectivity index (χ4n) is 0.412. The Bertz CT molecular complexity index is 174. The molecule has 0 unspecified atom stereocenters. The summed E-state index contributed by atoms with van der Waals surface area (Å²) in [5.41, 5.74) is 0. The van der Waals surface area contributed by atoms with Crippen LogP contribution < -0.4 is 0 Å². The highest BCUT2D eigenvalue weighted by Crippen LogP contribution is 1.86. The van der Waals surface area contributed by atoms with Gasteiger partial charge in [-0.2, -0.15) is 0 Å². The van der Waals surface area contributed by atoms with Gasteiger partial charge in [0.25, 0.3) is 0 Å². The first-order valence-corrected chi connectivity index (χ1v) is 5.68. The Morgan fingerprint density at radius 1 is 0.875 bits per heavy atom. The predicted octanol–water partition coefficient (Wildman–Crippen LogP) is 2.79. The summed E-state index contributed by atoms with van der Waals surface area (Å²) in [5, 5.41) is 0. The molecule has 0 aromatic heterocycles. The molecule has 0 aliphatic heterocycles. The van der Waals surface area contributed by atoms with E-state index < -0.39 is 11.8 Å². The summed E-state index contributed by atoms with van der Waals surface area (Å²) >= 11 is 0. The first-order chi connectivity index (χ1) is 7.57. The minimum absolute atomic E-state index is 0.338. The number of carbonyl (C=O) groups excluding carboxylic acids is 3. The van der Waals surface area contributed by atoms with E-state index >= 15 is 0 Å². The molecule has 0 spiro atoms. The highest BCUT2D eigenvalue weighted by Gasteiger charge is 2.14. The minimum Gasteiger partial charge on any atom is -0.463 e. The number of hydrogen-bond acceptors (Lipinski definition) is 4. The monoisotopic (exact) mass is 234 g/mol. The average molecular weight is 234 g/mol. The molecule has 98 valence electrons. The predicted molar refractivity (Wildman–Crippen MR) is 66.4 cm³/mol. The number of esters is 1. The summed E-state index contributed by atoms with van der Waals surface area (Å²) in [4.78, 5) is 31.1. The molecule has 4 heteroatoms. The van der Waals surface area contributed by atoms with Crippen molar-refractivity contribution < 1.29 is 19.1 Å². The van der Waals surface area contributed by atoms with E-state index in [0.717, 1.165) is 7.11 Å². The molecule has 0 aliphatic rings. The molecule has 0 N–H and O–H groups in total. The normalized spacial score (nSPS) is 6.50. The molecule has 0 aromatic rings. The Hall–Kier alpha value is -1.19. The van der Waals surface area contributed by atoms with E-state index in [9.17, 15) is 14.4 Å². The van der Waals surface area contributed by atoms with Crippen LogP contribution in [0.5, 0.6) is 0 Å². The van der Waals surface area contributed by atoms with Crippen molar-refractivity contribution in [1.29, 1.82) is 0 Å². The van der Waals surface area contributed by atoms with Crippen LogP contribution in [0.1, 0.15) is 54.9 Å². The molecule has 0 bridgehead atoms. The van der Waals surface area contributed by atoms with Gasteiger partial charge in [0.15, 0.2) is 0 Å². The number of carbonyl (C=O) groups is 3. The topological polar surface area (TPSA) is 60.4 Å². The van der Waals surface area contributed by atoms with Crippen LogP contribution in [0.4, 0.5) is 0 Å². The van der Waals surface area contributed by atoms with E-state index in [4.69, 9.17) is 0 Å². The lowest BCUT2D eigenvalue weighted by Crippen LogP contribution is -2.17. The van der Waals surface area contributed by atoms with Gasteiger partial charge in [-0.05, 0) is 6.92 Å². The van der Waals surface area contributed by atoms with Crippen LogP contribution in [0.3, 0.4) is 0 Å². The van der Waals surface area contributed by atoms with Crippen molar-refractivity contribution in [2.75, 3.05) is 7.11 Å². The summed E-state index contributed by atoms with van der Waals surface area (Å²) in [6.07, 6.45) is -0.368. The van der Waals surface area contributed by atoms with Gasteiger partial charge in [-0.15, -0.1) is 0 Å². The van der Waals surface area contributed by atoms with E-state index in [1.807, 2.05) is 41.5 Å². The van der Waals surface area contributed by atoms with Gasteiger partial charge >= 0.3 is 5.97 Å². The van der Waals surface area contributed by atoms with E-state index in [1.54, 1.807) is 0 Å². The zero-order valence-corrected chi connectivity index (χ0v) is 11.8. The van der Waals surface area contributed by atoms with Crippen molar-refractivity contribution in [1.82, 2.24) is 0 Å². The quantitative estimate of drug-likeness (QED) is 0.428. The van der Waals surface area contributed by atoms with Crippen molar-refractivity contribution >= 4 is 17.5 Å². The Labute approximate surface area is 99.4 Å². The molecule has 0 aliphatic carbocycles. The third-order valence-electron chi connectivity index (χ3n) is 0.823. The van der Waals surface area contributed by atoms with E-state index in [2.05, 4.69) is 4.74 Å². The molecule has 0 radical (unpaired) electrons. The van der Waals surface area contributed by atoms with Crippen LogP contribution in [-0.4, -0.2) is 24.6 Å². The number of rotatable bonds is 3. The van der Waals surface area contributed by atoms with Gasteiger partial charge in [0, 0.05) is 0 Å². The molecule has 16 heavy (non-hydrogen) atoms. The van der Waals surface area contributed by atoms with Gasteiger partial charge in [-0.25, -0.2) is 4.79 Å². The van der Waals surface area contributed by atoms with Gasteiger partial charge in [0.05, 0.1) is 13.5 Å². The van der Waals surface area contributed by atoms with Gasteiger partial charge in [0.1, 0.15) is 5.78 Å². The fraction of sp³-hybridized carbons (Fsp3) is 0.750. The Morgan fingerprint density at radius 3 is 1.38 bits per heavy atom. The molecular formula is C12H26O4. The van der Waals surface area contributed by atoms with Crippen LogP contribution in [-0.2, 0) is 19.1 Å². The second-order valence-electron chi connectivity index (χ2n) is 1.79. The molecule has 0 amide bonds. The van der Waals surface area contributed by atoms with Crippen LogP contribution in [0.25, 0.3) is 0 Å². The van der Waals surface area contributed by atoms with Crippen molar-refractivity contribution in [2.45, 2.75) is 54.9 Å². The summed E-state index contributed by atoms with van der Waals surface area (Å²) in [7, 11) is 1.10. The molecule has 4 nitrogen and oxygen atoms in total. The molecule has 0 heterocycles. The van der Waals surface area contributed by atoms with Crippen LogP contribution in [0.15, 0.2) is 0 Å². The summed E-state index contributed by atoms with van der Waals surface area (Å²) < 4.78 is 4.07. The lowest BCUT2D eigenvalue weighted by Gasteiger charge is -1.93. The standard InChI is InChI=1S/C6H8O4.3C2H6/c1-4(7)3-5(8)6(9)10-2;3*1-2/h3H2,1-2H3;3*1-2H3. The number of Topliss-reactive ketones (excluding diaryl/α,β-unsaturated/α-hetero) is 2. The zero-order valence-electron chi connectivity index (χ0n) is 11.8. The maximum Gasteiger partial charge on any atom is 0.374 e. The van der Waals surface area contributed by atoms with Crippen molar-refractivity contribution in [3.05, 3.63) is 0 Å². The largest absolute Gasteiger partial charge is 0.463 e. The van der Waals surface area contributed by atoms with E-state index in [1.165, 1.54) is 6.92 Å². The zero-order chi connectivity index (χ0) is 14.1. The van der Waals surface area contributed by atoms with Crippen LogP contribution in [0.2, 0.25) is 0 Å². The van der Waals surface area contributed by atoms with Crippen LogP contribution >= 0.6 is 0 Å². The smallest absolute Gasteiger partial charge is 0.374 e. The van der Waals surface area contributed by atoms with Gasteiger partial charge in [-0.3, -0.25) is 9.59 Å². The van der Waals surface area contributed by atoms with Gasteiger partial charge < -0.3 is 4.74 Å². The molecular weight excluding hydrogens is 208 g/mol. The SMILES string of the molecule is CC.CC.CC.COC(=O)C(=O)CC(C)=O. The maximum absolute atomic E-state index is 10.5. The van der Waals surface area contributed by atoms with Crippen molar-refractivity contribution in [3.8, 4) is 0 Å². The van der Waals surface area contributed by atoms with Gasteiger partial charge in [-0.1, -0.05) is 41.5 Å². The summed E-state index contributed by atoms with van der Waals surface area (Å²) in [6.45, 7) is 13.2. The Kier molecular flexibility index (Phi) is 35.6. The Balaban J connectivity index is -0.000000103. The Morgan fingerprint density at radius 2 is 1.19 bits per heavy atom. The molecule has 0 atom stereocenters. The van der Waals surface area contributed by atoms with Crippen molar-refractivity contribution in [3.63, 3.8) is 0 Å². The average Bonchev–Trinajstić information content (AvgIpc) is 2.34. The molecule has 0 aromatic carbocycles. The minimum atomic E-state index is -0.963. The second-order valence-corrected chi connectivity index (χ2v) is 1.79. The van der Waals surface area contributed by atoms with Gasteiger partial charge in [0.2, 0.25) is 5.78 Å². The highest BCUT2D eigenvalue weighted by molar-refractivity contribution is 6.36. The van der Waals surface area contributed by atoms with Crippen LogP contribution in [0, 0.1) is 0 Å². The maximum atomic E-state index is 10.5. The molecule has 0 rings (SSSR count). The number of ketones is 2. The first-order valence-electron chi connectivity index (χ1n) is 5.68. The van der Waals surface area contributed by atoms with E-state index in [0.29, 0.717) is 0 Å².